The fourth-order valence-electron chi connectivity index (χ4n) is 4.97. The quantitative estimate of drug-likeness (QED) is 0.614. The van der Waals surface area contributed by atoms with E-state index in [0.29, 0.717) is 6.54 Å². The summed E-state index contributed by atoms with van der Waals surface area (Å²) < 4.78 is 7.57. The van der Waals surface area contributed by atoms with E-state index in [1.54, 1.807) is 11.9 Å². The van der Waals surface area contributed by atoms with E-state index in [1.165, 1.54) is 0 Å². The average Bonchev–Trinajstić information content (AvgIpc) is 3.42. The zero-order chi connectivity index (χ0) is 24.7. The molecule has 9 heteroatoms. The van der Waals surface area contributed by atoms with Crippen LogP contribution >= 0.6 is 0 Å². The Bertz CT molecular complexity index is 1230. The number of amides is 1. The number of nitrogen functional groups attached to an aromatic ring is 1. The number of nitrogens with zero attached hydrogens (tertiary/aromatic N) is 6. The van der Waals surface area contributed by atoms with Crippen LogP contribution in [0.4, 0.5) is 16.6 Å². The smallest absolute Gasteiger partial charge is 0.410 e. The molecule has 5 rings (SSSR count). The number of likely N-dealkylation sites (N-methyl/N-ethyl adjacent to an activating group) is 1. The second kappa shape index (κ2) is 8.87. The van der Waals surface area contributed by atoms with Gasteiger partial charge in [-0.3, -0.25) is 0 Å². The van der Waals surface area contributed by atoms with Gasteiger partial charge in [0, 0.05) is 31.3 Å². The van der Waals surface area contributed by atoms with E-state index in [-0.39, 0.29) is 18.1 Å². The summed E-state index contributed by atoms with van der Waals surface area (Å²) in [5.41, 5.74) is 10.9. The maximum atomic E-state index is 12.6. The van der Waals surface area contributed by atoms with Crippen molar-refractivity contribution in [2.75, 3.05) is 30.8 Å². The number of carbonyl (C=O) groups excluding carboxylic acids is 1. The summed E-state index contributed by atoms with van der Waals surface area (Å²) in [7, 11) is 1.81. The van der Waals surface area contributed by atoms with Crippen LogP contribution in [0.5, 0.6) is 0 Å². The van der Waals surface area contributed by atoms with Crippen molar-refractivity contribution in [2.24, 2.45) is 0 Å². The molecule has 1 atom stereocenters. The van der Waals surface area contributed by atoms with Gasteiger partial charge in [0.15, 0.2) is 0 Å². The van der Waals surface area contributed by atoms with Crippen LogP contribution in [0.15, 0.2) is 36.5 Å². The first-order valence-electron chi connectivity index (χ1n) is 12.2. The van der Waals surface area contributed by atoms with Crippen molar-refractivity contribution >= 4 is 17.9 Å². The third kappa shape index (κ3) is 4.54. The molecule has 1 fully saturated rings. The largest absolute Gasteiger partial charge is 0.444 e. The normalized spacial score (nSPS) is 17.5. The molecule has 0 spiro atoms. The fourth-order valence-corrected chi connectivity index (χ4v) is 4.97. The Morgan fingerprint density at radius 1 is 1.17 bits per heavy atom. The molecule has 1 aromatic carbocycles. The van der Waals surface area contributed by atoms with Crippen LogP contribution in [-0.4, -0.2) is 62.5 Å². The van der Waals surface area contributed by atoms with Crippen LogP contribution in [0.3, 0.4) is 0 Å². The molecule has 0 saturated carbocycles. The van der Waals surface area contributed by atoms with Crippen molar-refractivity contribution in [3.05, 3.63) is 47.8 Å². The van der Waals surface area contributed by atoms with Crippen LogP contribution in [0.2, 0.25) is 0 Å². The molecule has 1 aliphatic heterocycles. The highest BCUT2D eigenvalue weighted by atomic mass is 16.6. The van der Waals surface area contributed by atoms with Crippen molar-refractivity contribution in [2.45, 2.75) is 58.1 Å². The lowest BCUT2D eigenvalue weighted by Crippen LogP contribution is -2.42. The van der Waals surface area contributed by atoms with E-state index in [4.69, 9.17) is 15.6 Å². The number of anilines is 2. The molecule has 0 unspecified atom stereocenters. The predicted molar refractivity (Wildman–Crippen MR) is 136 cm³/mol. The molecular weight excluding hydrogens is 442 g/mol. The Hall–Kier alpha value is -3.62. The van der Waals surface area contributed by atoms with E-state index in [2.05, 4.69) is 27.0 Å². The van der Waals surface area contributed by atoms with Crippen LogP contribution < -0.4 is 10.6 Å². The summed E-state index contributed by atoms with van der Waals surface area (Å²) >= 11 is 0. The van der Waals surface area contributed by atoms with E-state index in [9.17, 15) is 4.79 Å². The Morgan fingerprint density at radius 2 is 1.94 bits per heavy atom. The van der Waals surface area contributed by atoms with E-state index in [1.807, 2.05) is 49.8 Å². The van der Waals surface area contributed by atoms with Crippen molar-refractivity contribution in [3.8, 4) is 16.9 Å². The van der Waals surface area contributed by atoms with Gasteiger partial charge in [-0.2, -0.15) is 10.1 Å². The fraction of sp³-hybridized carbons (Fsp3) is 0.462. The molecule has 35 heavy (non-hydrogen) atoms. The minimum absolute atomic E-state index is 0.0406. The average molecular weight is 476 g/mol. The summed E-state index contributed by atoms with van der Waals surface area (Å²) in [6.45, 7) is 7.11. The van der Waals surface area contributed by atoms with Gasteiger partial charge < -0.3 is 20.3 Å². The molecule has 2 aromatic heterocycles. The van der Waals surface area contributed by atoms with Gasteiger partial charge in [0.1, 0.15) is 11.4 Å². The predicted octanol–water partition coefficient (Wildman–Crippen LogP) is 3.85. The maximum absolute atomic E-state index is 12.6. The number of nitrogens with two attached hydrogens (primary N) is 1. The Labute approximate surface area is 205 Å². The molecule has 2 aliphatic rings. The van der Waals surface area contributed by atoms with E-state index >= 15 is 0 Å². The molecule has 3 aromatic rings. The maximum Gasteiger partial charge on any atom is 0.410 e. The number of rotatable bonds is 3. The van der Waals surface area contributed by atoms with Gasteiger partial charge in [-0.1, -0.05) is 18.2 Å². The minimum atomic E-state index is -0.524. The van der Waals surface area contributed by atoms with Crippen molar-refractivity contribution in [1.82, 2.24) is 24.6 Å². The Morgan fingerprint density at radius 3 is 2.69 bits per heavy atom. The van der Waals surface area contributed by atoms with Crippen LogP contribution in [0.25, 0.3) is 16.9 Å². The van der Waals surface area contributed by atoms with E-state index in [0.717, 1.165) is 66.2 Å². The third-order valence-electron chi connectivity index (χ3n) is 6.66. The zero-order valence-corrected chi connectivity index (χ0v) is 20.9. The van der Waals surface area contributed by atoms with Crippen molar-refractivity contribution in [1.29, 1.82) is 0 Å². The molecule has 1 saturated heterocycles. The highest BCUT2D eigenvalue weighted by Gasteiger charge is 2.34. The number of aromatic nitrogens is 4. The van der Waals surface area contributed by atoms with Gasteiger partial charge in [0.05, 0.1) is 29.3 Å². The number of hydrogen-bond acceptors (Lipinski definition) is 7. The summed E-state index contributed by atoms with van der Waals surface area (Å²) in [5, 5.41) is 4.69. The number of carbonyl (C=O) groups is 1. The van der Waals surface area contributed by atoms with Crippen molar-refractivity contribution in [3.63, 3.8) is 0 Å². The molecule has 2 N–H and O–H groups in total. The first-order valence-corrected chi connectivity index (χ1v) is 12.2. The summed E-state index contributed by atoms with van der Waals surface area (Å²) in [5.74, 6) is 1.12. The Balaban J connectivity index is 1.45. The second-order valence-electron chi connectivity index (χ2n) is 10.3. The monoisotopic (exact) mass is 475 g/mol. The molecule has 1 amide bonds. The molecule has 184 valence electrons. The minimum Gasteiger partial charge on any atom is -0.444 e. The zero-order valence-electron chi connectivity index (χ0n) is 20.9. The van der Waals surface area contributed by atoms with Gasteiger partial charge >= 0.3 is 6.09 Å². The first-order chi connectivity index (χ1) is 16.7. The molecular formula is C26H33N7O2. The standard InChI is InChI=1S/C26H33N7O2/c1-26(2,3)35-25(34)31(4)18-13-14-32(16-18)23-19-11-8-12-21-20(22(19)29-24(27)30-23)15-28-33(21)17-9-6-5-7-10-17/h5-7,9-10,15,18H,8,11-14,16H2,1-4H3,(H2,27,29,30)/t18-/m1/s1. The summed E-state index contributed by atoms with van der Waals surface area (Å²) in [4.78, 5) is 25.9. The van der Waals surface area contributed by atoms with Crippen molar-refractivity contribution < 1.29 is 9.53 Å². The van der Waals surface area contributed by atoms with Gasteiger partial charge in [0.25, 0.3) is 0 Å². The number of para-hydroxylation sites is 1. The van der Waals surface area contributed by atoms with Crippen LogP contribution in [-0.2, 0) is 17.6 Å². The third-order valence-corrected chi connectivity index (χ3v) is 6.66. The van der Waals surface area contributed by atoms with E-state index < -0.39 is 5.60 Å². The SMILES string of the molecule is CN(C(=O)OC(C)(C)C)[C@@H]1CCN(c2nc(N)nc3c2CCCc2c-3cnn2-c2ccccc2)C1. The Kier molecular flexibility index (Phi) is 5.86. The topological polar surface area (TPSA) is 102 Å². The van der Waals surface area contributed by atoms with Gasteiger partial charge in [-0.25, -0.2) is 14.5 Å². The molecule has 0 radical (unpaired) electrons. The highest BCUT2D eigenvalue weighted by molar-refractivity contribution is 5.74. The highest BCUT2D eigenvalue weighted by Crippen LogP contribution is 2.38. The number of benzene rings is 1. The van der Waals surface area contributed by atoms with Gasteiger partial charge in [-0.15, -0.1) is 0 Å². The molecule has 1 aliphatic carbocycles. The summed E-state index contributed by atoms with van der Waals surface area (Å²) in [6, 6.07) is 10.2. The van der Waals surface area contributed by atoms with Crippen LogP contribution in [0.1, 0.15) is 44.9 Å². The summed E-state index contributed by atoms with van der Waals surface area (Å²) in [6.07, 6.45) is 5.15. The van der Waals surface area contributed by atoms with Gasteiger partial charge in [0.2, 0.25) is 5.95 Å². The molecule has 0 bridgehead atoms. The second-order valence-corrected chi connectivity index (χ2v) is 10.3. The lowest BCUT2D eigenvalue weighted by atomic mass is 10.1. The molecule has 9 nitrogen and oxygen atoms in total. The number of hydrogen-bond donors (Lipinski definition) is 1. The first kappa shape index (κ1) is 23.1. The lowest BCUT2D eigenvalue weighted by Gasteiger charge is -2.29. The van der Waals surface area contributed by atoms with Crippen LogP contribution in [0, 0.1) is 0 Å². The van der Waals surface area contributed by atoms with Gasteiger partial charge in [-0.05, 0) is 58.6 Å². The number of fused-ring (bicyclic) bond motifs is 3. The lowest BCUT2D eigenvalue weighted by molar-refractivity contribution is 0.0238. The molecule has 3 heterocycles. The number of ether oxygens (including phenoxy) is 1.